The van der Waals surface area contributed by atoms with E-state index in [4.69, 9.17) is 9.47 Å². The summed E-state index contributed by atoms with van der Waals surface area (Å²) in [4.78, 5) is 0. The van der Waals surface area contributed by atoms with Gasteiger partial charge >= 0.3 is 0 Å². The van der Waals surface area contributed by atoms with Crippen molar-refractivity contribution in [2.45, 2.75) is 46.6 Å². The molecule has 1 unspecified atom stereocenters. The molecule has 3 nitrogen and oxygen atoms in total. The monoisotopic (exact) mass is 231 g/mol. The summed E-state index contributed by atoms with van der Waals surface area (Å²) in [5.41, 5.74) is 0. The van der Waals surface area contributed by atoms with E-state index < -0.39 is 0 Å². The molecule has 1 atom stereocenters. The molecule has 0 radical (unpaired) electrons. The van der Waals surface area contributed by atoms with Crippen LogP contribution in [0.4, 0.5) is 0 Å². The summed E-state index contributed by atoms with van der Waals surface area (Å²) >= 11 is 0. The van der Waals surface area contributed by atoms with Gasteiger partial charge in [0, 0.05) is 6.61 Å². The molecule has 0 aromatic rings. The molecule has 0 aromatic carbocycles. The van der Waals surface area contributed by atoms with Crippen LogP contribution in [0.2, 0.25) is 0 Å². The molecule has 0 rings (SSSR count). The highest BCUT2D eigenvalue weighted by Gasteiger charge is 2.01. The first-order chi connectivity index (χ1) is 7.66. The van der Waals surface area contributed by atoms with Crippen LogP contribution >= 0.6 is 0 Å². The van der Waals surface area contributed by atoms with Gasteiger partial charge in [-0.05, 0) is 38.8 Å². The first kappa shape index (κ1) is 15.9. The minimum absolute atomic E-state index is 0.348. The van der Waals surface area contributed by atoms with E-state index in [2.05, 4.69) is 33.0 Å². The van der Waals surface area contributed by atoms with E-state index >= 15 is 0 Å². The lowest BCUT2D eigenvalue weighted by atomic mass is 10.2. The van der Waals surface area contributed by atoms with Crippen molar-refractivity contribution in [3.05, 3.63) is 0 Å². The largest absolute Gasteiger partial charge is 0.379 e. The fourth-order valence-electron chi connectivity index (χ4n) is 1.40. The molecule has 16 heavy (non-hydrogen) atoms. The Hall–Kier alpha value is -0.120. The van der Waals surface area contributed by atoms with Crippen molar-refractivity contribution in [2.75, 3.05) is 32.9 Å². The first-order valence-electron chi connectivity index (χ1n) is 6.56. The summed E-state index contributed by atoms with van der Waals surface area (Å²) < 4.78 is 11.1. The van der Waals surface area contributed by atoms with Crippen LogP contribution in [0.5, 0.6) is 0 Å². The second-order valence-corrected chi connectivity index (χ2v) is 4.65. The van der Waals surface area contributed by atoms with E-state index in [-0.39, 0.29) is 0 Å². The summed E-state index contributed by atoms with van der Waals surface area (Å²) in [5, 5.41) is 3.31. The molecule has 0 spiro atoms. The van der Waals surface area contributed by atoms with Crippen molar-refractivity contribution in [3.63, 3.8) is 0 Å². The normalized spacial score (nSPS) is 13.3. The van der Waals surface area contributed by atoms with Gasteiger partial charge in [0.1, 0.15) is 0 Å². The summed E-state index contributed by atoms with van der Waals surface area (Å²) in [5.74, 6) is 0.609. The Balaban J connectivity index is 3.14. The maximum Gasteiger partial charge on any atom is 0.0704 e. The third-order valence-corrected chi connectivity index (χ3v) is 2.30. The maximum atomic E-state index is 5.65. The molecule has 0 heterocycles. The van der Waals surface area contributed by atoms with E-state index in [1.54, 1.807) is 0 Å². The number of hydrogen-bond donors (Lipinski definition) is 1. The van der Waals surface area contributed by atoms with Gasteiger partial charge in [-0.3, -0.25) is 0 Å². The summed E-state index contributed by atoms with van der Waals surface area (Å²) in [6.07, 6.45) is 2.65. The van der Waals surface area contributed by atoms with E-state index in [1.807, 2.05) is 0 Å². The Labute approximate surface area is 101 Å². The third kappa shape index (κ3) is 12.0. The summed E-state index contributed by atoms with van der Waals surface area (Å²) in [6.45, 7) is 13.0. The van der Waals surface area contributed by atoms with E-state index in [1.165, 1.54) is 6.42 Å². The highest BCUT2D eigenvalue weighted by atomic mass is 16.5. The van der Waals surface area contributed by atoms with E-state index in [0.717, 1.165) is 39.3 Å². The lowest BCUT2D eigenvalue weighted by molar-refractivity contribution is 0.00290. The van der Waals surface area contributed by atoms with Crippen molar-refractivity contribution < 1.29 is 9.47 Å². The molecule has 0 aliphatic carbocycles. The molecule has 0 bridgehead atoms. The Bertz CT molecular complexity index is 140. The van der Waals surface area contributed by atoms with Crippen molar-refractivity contribution in [3.8, 4) is 0 Å². The minimum Gasteiger partial charge on any atom is -0.379 e. The van der Waals surface area contributed by atoms with Crippen LogP contribution in [0.1, 0.15) is 40.5 Å². The van der Waals surface area contributed by atoms with Gasteiger partial charge in [-0.2, -0.15) is 0 Å². The molecule has 98 valence electrons. The standard InChI is InChI=1S/C13H29NO2/c1-5-14-8-6-7-13(4)16-10-9-15-11-12(2)3/h12-14H,5-11H2,1-4H3. The number of rotatable bonds is 11. The molecule has 0 aliphatic heterocycles. The Morgan fingerprint density at radius 2 is 1.88 bits per heavy atom. The fraction of sp³-hybridized carbons (Fsp3) is 1.00. The second-order valence-electron chi connectivity index (χ2n) is 4.65. The maximum absolute atomic E-state index is 5.65. The quantitative estimate of drug-likeness (QED) is 0.554. The average Bonchev–Trinajstić information content (AvgIpc) is 2.23. The molecule has 3 heteroatoms. The van der Waals surface area contributed by atoms with Crippen molar-refractivity contribution >= 4 is 0 Å². The first-order valence-corrected chi connectivity index (χ1v) is 6.56. The Kier molecular flexibility index (Phi) is 11.3. The predicted molar refractivity (Wildman–Crippen MR) is 68.8 cm³/mol. The van der Waals surface area contributed by atoms with Gasteiger partial charge in [-0.1, -0.05) is 20.8 Å². The number of ether oxygens (including phenoxy) is 2. The smallest absolute Gasteiger partial charge is 0.0704 e. The van der Waals surface area contributed by atoms with Gasteiger partial charge in [0.05, 0.1) is 19.3 Å². The Morgan fingerprint density at radius 3 is 2.50 bits per heavy atom. The van der Waals surface area contributed by atoms with Gasteiger partial charge in [0.15, 0.2) is 0 Å². The molecule has 1 N–H and O–H groups in total. The molecule has 0 amide bonds. The zero-order valence-corrected chi connectivity index (χ0v) is 11.4. The molecular formula is C13H29NO2. The van der Waals surface area contributed by atoms with Gasteiger partial charge in [-0.15, -0.1) is 0 Å². The fourth-order valence-corrected chi connectivity index (χ4v) is 1.40. The van der Waals surface area contributed by atoms with Crippen LogP contribution in [-0.2, 0) is 9.47 Å². The van der Waals surface area contributed by atoms with Gasteiger partial charge in [0.2, 0.25) is 0 Å². The van der Waals surface area contributed by atoms with Crippen molar-refractivity contribution in [2.24, 2.45) is 5.92 Å². The van der Waals surface area contributed by atoms with Crippen LogP contribution in [0, 0.1) is 5.92 Å². The van der Waals surface area contributed by atoms with Crippen LogP contribution in [0.25, 0.3) is 0 Å². The SMILES string of the molecule is CCNCCCC(C)OCCOCC(C)C. The highest BCUT2D eigenvalue weighted by Crippen LogP contribution is 2.01. The van der Waals surface area contributed by atoms with Gasteiger partial charge in [-0.25, -0.2) is 0 Å². The molecule has 0 aromatic heterocycles. The zero-order chi connectivity index (χ0) is 12.2. The van der Waals surface area contributed by atoms with Gasteiger partial charge < -0.3 is 14.8 Å². The predicted octanol–water partition coefficient (Wildman–Crippen LogP) is 2.45. The van der Waals surface area contributed by atoms with Crippen LogP contribution in [-0.4, -0.2) is 39.0 Å². The van der Waals surface area contributed by atoms with Crippen LogP contribution in [0.15, 0.2) is 0 Å². The summed E-state index contributed by atoms with van der Waals surface area (Å²) in [7, 11) is 0. The molecular weight excluding hydrogens is 202 g/mol. The van der Waals surface area contributed by atoms with Gasteiger partial charge in [0.25, 0.3) is 0 Å². The zero-order valence-electron chi connectivity index (χ0n) is 11.4. The Morgan fingerprint density at radius 1 is 1.12 bits per heavy atom. The lowest BCUT2D eigenvalue weighted by Crippen LogP contribution is -2.18. The van der Waals surface area contributed by atoms with Crippen molar-refractivity contribution in [1.82, 2.24) is 5.32 Å². The van der Waals surface area contributed by atoms with Crippen molar-refractivity contribution in [1.29, 1.82) is 0 Å². The average molecular weight is 231 g/mol. The molecule has 0 aliphatic rings. The van der Waals surface area contributed by atoms with Crippen LogP contribution < -0.4 is 5.32 Å². The second kappa shape index (κ2) is 11.4. The number of hydrogen-bond acceptors (Lipinski definition) is 3. The number of nitrogens with one attached hydrogen (secondary N) is 1. The topological polar surface area (TPSA) is 30.5 Å². The van der Waals surface area contributed by atoms with E-state index in [9.17, 15) is 0 Å². The summed E-state index contributed by atoms with van der Waals surface area (Å²) in [6, 6.07) is 0. The minimum atomic E-state index is 0.348. The van der Waals surface area contributed by atoms with Crippen LogP contribution in [0.3, 0.4) is 0 Å². The third-order valence-electron chi connectivity index (χ3n) is 2.30. The highest BCUT2D eigenvalue weighted by molar-refractivity contribution is 4.53. The van der Waals surface area contributed by atoms with E-state index in [0.29, 0.717) is 12.0 Å². The molecule has 0 saturated carbocycles. The lowest BCUT2D eigenvalue weighted by Gasteiger charge is -2.13. The molecule has 0 fully saturated rings. The molecule has 0 saturated heterocycles.